The highest BCUT2D eigenvalue weighted by molar-refractivity contribution is 5.59. The van der Waals surface area contributed by atoms with Crippen LogP contribution >= 0.6 is 0 Å². The van der Waals surface area contributed by atoms with Crippen molar-refractivity contribution < 1.29 is 17.9 Å². The molecule has 1 aromatic heterocycles. The van der Waals surface area contributed by atoms with Gasteiger partial charge in [0, 0.05) is 12.6 Å². The summed E-state index contributed by atoms with van der Waals surface area (Å²) in [6, 6.07) is 5.51. The molecule has 1 heterocycles. The van der Waals surface area contributed by atoms with Crippen LogP contribution in [0.3, 0.4) is 0 Å². The van der Waals surface area contributed by atoms with Crippen LogP contribution in [0.25, 0.3) is 11.4 Å². The van der Waals surface area contributed by atoms with Gasteiger partial charge in [0.2, 0.25) is 0 Å². The van der Waals surface area contributed by atoms with Crippen LogP contribution in [-0.4, -0.2) is 15.9 Å². The Kier molecular flexibility index (Phi) is 3.21. The van der Waals surface area contributed by atoms with E-state index in [1.165, 1.54) is 22.8 Å². The second kappa shape index (κ2) is 4.69. The number of terminal acetylenes is 1. The summed E-state index contributed by atoms with van der Waals surface area (Å²) in [5.74, 6) is 2.42. The number of ether oxygens (including phenoxy) is 1. The fourth-order valence-electron chi connectivity index (χ4n) is 1.57. The quantitative estimate of drug-likeness (QED) is 0.781. The van der Waals surface area contributed by atoms with Crippen LogP contribution in [0.2, 0.25) is 0 Å². The van der Waals surface area contributed by atoms with Gasteiger partial charge in [0.15, 0.2) is 0 Å². The van der Waals surface area contributed by atoms with Crippen molar-refractivity contribution in [3.8, 4) is 29.5 Å². The van der Waals surface area contributed by atoms with E-state index in [1.807, 2.05) is 0 Å². The average Bonchev–Trinajstić information content (AvgIpc) is 2.69. The van der Waals surface area contributed by atoms with Crippen LogP contribution in [0.4, 0.5) is 13.2 Å². The third-order valence-electron chi connectivity index (χ3n) is 2.27. The number of aryl methyl sites for hydroxylation is 1. The van der Waals surface area contributed by atoms with Crippen molar-refractivity contribution in [2.75, 3.05) is 0 Å². The number of benzene rings is 1. The SMILES string of the molecule is C#Cc1[c]n(C)c(-c2cccc(OC(F)(F)F)c2)n1. The molecule has 0 unspecified atom stereocenters. The lowest BCUT2D eigenvalue weighted by molar-refractivity contribution is -0.274. The maximum absolute atomic E-state index is 12.1. The molecule has 0 bridgehead atoms. The number of halogens is 3. The molecule has 0 aliphatic heterocycles. The smallest absolute Gasteiger partial charge is 0.406 e. The molecule has 1 radical (unpaired) electrons. The van der Waals surface area contributed by atoms with E-state index in [0.29, 0.717) is 17.1 Å². The lowest BCUT2D eigenvalue weighted by Crippen LogP contribution is -2.17. The van der Waals surface area contributed by atoms with Crippen LogP contribution in [0.1, 0.15) is 5.69 Å². The van der Waals surface area contributed by atoms with Gasteiger partial charge < -0.3 is 9.30 Å². The van der Waals surface area contributed by atoms with Crippen molar-refractivity contribution in [1.82, 2.24) is 9.55 Å². The summed E-state index contributed by atoms with van der Waals surface area (Å²) in [5, 5.41) is 0. The summed E-state index contributed by atoms with van der Waals surface area (Å²) in [7, 11) is 1.65. The molecule has 2 rings (SSSR count). The number of rotatable bonds is 2. The minimum Gasteiger partial charge on any atom is -0.406 e. The van der Waals surface area contributed by atoms with Crippen LogP contribution in [0, 0.1) is 18.5 Å². The largest absolute Gasteiger partial charge is 0.573 e. The third-order valence-corrected chi connectivity index (χ3v) is 2.27. The Morgan fingerprint density at radius 3 is 2.74 bits per heavy atom. The molecule has 0 fully saturated rings. The Morgan fingerprint density at radius 2 is 2.16 bits per heavy atom. The molecule has 0 saturated carbocycles. The summed E-state index contributed by atoms with van der Waals surface area (Å²) in [4.78, 5) is 4.07. The first-order valence-electron chi connectivity index (χ1n) is 5.18. The standard InChI is InChI=1S/C13H8F3N2O/c1-3-10-8-18(2)12(17-10)9-5-4-6-11(7-9)19-13(14,15)16/h1,4-7H,2H3. The monoisotopic (exact) mass is 265 g/mol. The van der Waals surface area contributed by atoms with Gasteiger partial charge in [0.1, 0.15) is 23.5 Å². The van der Waals surface area contributed by atoms with Crippen LogP contribution in [-0.2, 0) is 7.05 Å². The van der Waals surface area contributed by atoms with Gasteiger partial charge in [-0.2, -0.15) is 0 Å². The first-order valence-corrected chi connectivity index (χ1v) is 5.18. The molecule has 0 aliphatic rings. The molecule has 97 valence electrons. The summed E-state index contributed by atoms with van der Waals surface area (Å²) < 4.78 is 41.8. The Morgan fingerprint density at radius 1 is 1.42 bits per heavy atom. The van der Waals surface area contributed by atoms with Crippen LogP contribution in [0.15, 0.2) is 24.3 Å². The van der Waals surface area contributed by atoms with Crippen molar-refractivity contribution in [2.45, 2.75) is 6.36 Å². The number of nitrogens with zero attached hydrogens (tertiary/aromatic N) is 2. The topological polar surface area (TPSA) is 27.1 Å². The number of imidazole rings is 1. The highest BCUT2D eigenvalue weighted by atomic mass is 19.4. The predicted molar refractivity (Wildman–Crippen MR) is 62.1 cm³/mol. The second-order valence-corrected chi connectivity index (χ2v) is 3.67. The Hall–Kier alpha value is -2.42. The van der Waals surface area contributed by atoms with Gasteiger partial charge in [-0.15, -0.1) is 19.6 Å². The number of aromatic nitrogens is 2. The van der Waals surface area contributed by atoms with Gasteiger partial charge in [0.05, 0.1) is 0 Å². The fourth-order valence-corrected chi connectivity index (χ4v) is 1.57. The molecule has 6 heteroatoms. The summed E-state index contributed by atoms with van der Waals surface area (Å²) in [5.41, 5.74) is 0.752. The molecule has 1 aromatic carbocycles. The number of alkyl halides is 3. The highest BCUT2D eigenvalue weighted by Gasteiger charge is 2.31. The lowest BCUT2D eigenvalue weighted by Gasteiger charge is -2.09. The summed E-state index contributed by atoms with van der Waals surface area (Å²) in [6.45, 7) is 0. The van der Waals surface area contributed by atoms with Gasteiger partial charge in [-0.25, -0.2) is 4.98 Å². The number of hydrogen-bond donors (Lipinski definition) is 0. The molecule has 0 aliphatic carbocycles. The Labute approximate surface area is 107 Å². The van der Waals surface area contributed by atoms with Gasteiger partial charge >= 0.3 is 6.36 Å². The van der Waals surface area contributed by atoms with Gasteiger partial charge in [-0.05, 0) is 18.1 Å². The lowest BCUT2D eigenvalue weighted by atomic mass is 10.2. The molecular formula is C13H8F3N2O. The van der Waals surface area contributed by atoms with E-state index in [0.717, 1.165) is 0 Å². The molecule has 2 aromatic rings. The maximum atomic E-state index is 12.1. The molecule has 3 nitrogen and oxygen atoms in total. The van der Waals surface area contributed by atoms with Crippen molar-refractivity contribution in [1.29, 1.82) is 0 Å². The first kappa shape index (κ1) is 13.0. The summed E-state index contributed by atoms with van der Waals surface area (Å²) in [6.07, 6.45) is 3.23. The van der Waals surface area contributed by atoms with E-state index in [2.05, 4.69) is 21.8 Å². The second-order valence-electron chi connectivity index (χ2n) is 3.67. The van der Waals surface area contributed by atoms with Gasteiger partial charge in [-0.3, -0.25) is 0 Å². The van der Waals surface area contributed by atoms with Crippen LogP contribution < -0.4 is 4.74 Å². The zero-order valence-corrected chi connectivity index (χ0v) is 9.82. The van der Waals surface area contributed by atoms with E-state index >= 15 is 0 Å². The highest BCUT2D eigenvalue weighted by Crippen LogP contribution is 2.27. The van der Waals surface area contributed by atoms with Crippen LogP contribution in [0.5, 0.6) is 5.75 Å². The minimum absolute atomic E-state index is 0.291. The first-order chi connectivity index (χ1) is 8.89. The summed E-state index contributed by atoms with van der Waals surface area (Å²) >= 11 is 0. The van der Waals surface area contributed by atoms with E-state index in [-0.39, 0.29) is 5.75 Å². The maximum Gasteiger partial charge on any atom is 0.573 e. The van der Waals surface area contributed by atoms with Crippen molar-refractivity contribution in [3.05, 3.63) is 36.2 Å². The minimum atomic E-state index is -4.73. The Bertz CT molecular complexity index is 638. The molecule has 0 saturated heterocycles. The predicted octanol–water partition coefficient (Wildman–Crippen LogP) is 2.77. The van der Waals surface area contributed by atoms with E-state index in [9.17, 15) is 13.2 Å². The van der Waals surface area contributed by atoms with Gasteiger partial charge in [0.25, 0.3) is 0 Å². The zero-order chi connectivity index (χ0) is 14.0. The van der Waals surface area contributed by atoms with E-state index < -0.39 is 6.36 Å². The Balaban J connectivity index is 2.38. The average molecular weight is 265 g/mol. The van der Waals surface area contributed by atoms with E-state index in [1.54, 1.807) is 13.1 Å². The van der Waals surface area contributed by atoms with Crippen molar-refractivity contribution in [3.63, 3.8) is 0 Å². The van der Waals surface area contributed by atoms with Gasteiger partial charge in [-0.1, -0.05) is 12.1 Å². The van der Waals surface area contributed by atoms with Crippen molar-refractivity contribution >= 4 is 0 Å². The molecule has 19 heavy (non-hydrogen) atoms. The fraction of sp³-hybridized carbons (Fsp3) is 0.154. The molecule has 0 N–H and O–H groups in total. The molecule has 0 spiro atoms. The number of hydrogen-bond acceptors (Lipinski definition) is 2. The zero-order valence-electron chi connectivity index (χ0n) is 9.82. The molecule has 0 amide bonds. The van der Waals surface area contributed by atoms with E-state index in [4.69, 9.17) is 6.42 Å². The molecule has 0 atom stereocenters. The third kappa shape index (κ3) is 3.07. The molecular weight excluding hydrogens is 257 g/mol. The van der Waals surface area contributed by atoms with Crippen molar-refractivity contribution in [2.24, 2.45) is 7.05 Å². The normalized spacial score (nSPS) is 11.1.